The van der Waals surface area contributed by atoms with E-state index < -0.39 is 0 Å². The summed E-state index contributed by atoms with van der Waals surface area (Å²) >= 11 is 0. The van der Waals surface area contributed by atoms with Gasteiger partial charge < -0.3 is 18.0 Å². The third kappa shape index (κ3) is 4.31. The van der Waals surface area contributed by atoms with Gasteiger partial charge in [-0.25, -0.2) is 0 Å². The number of hydrogen-bond acceptors (Lipinski definition) is 4. The zero-order valence-electron chi connectivity index (χ0n) is 30.9. The number of benzene rings is 7. The molecule has 0 amide bonds. The topological polar surface area (TPSA) is 61.9 Å². The molecule has 6 heterocycles. The molecule has 0 radical (unpaired) electrons. The minimum absolute atomic E-state index is 0.776. The molecule has 0 bridgehead atoms. The zero-order chi connectivity index (χ0) is 37.9. The molecule has 0 unspecified atom stereocenters. The summed E-state index contributed by atoms with van der Waals surface area (Å²) in [5, 5.41) is 8.96. The fraction of sp³-hybridized carbons (Fsp3) is 0. The first-order valence-electron chi connectivity index (χ1n) is 19.5. The molecule has 13 aromatic rings. The van der Waals surface area contributed by atoms with Crippen molar-refractivity contribution in [2.45, 2.75) is 0 Å². The molecule has 0 atom stereocenters. The monoisotopic (exact) mass is 742 g/mol. The second-order valence-corrected chi connectivity index (χ2v) is 15.0. The Morgan fingerprint density at radius 1 is 0.362 bits per heavy atom. The number of aromatic nitrogens is 4. The number of rotatable bonds is 4. The summed E-state index contributed by atoms with van der Waals surface area (Å²) in [5.41, 5.74) is 14.2. The molecule has 6 heteroatoms. The average Bonchev–Trinajstić information content (AvgIpc) is 4.04. The SMILES string of the molecule is c1ccc(-n2c3ccccc3c3cc(-c4cccc5c4oc4cnccc45)c(-c4ccc5c(c4)c4ccccc4n5-c4cccc5c4oc4cnccc45)cc32)cc1. The van der Waals surface area contributed by atoms with Gasteiger partial charge in [0.2, 0.25) is 0 Å². The maximum atomic E-state index is 6.66. The van der Waals surface area contributed by atoms with E-state index in [9.17, 15) is 0 Å². The molecule has 0 saturated heterocycles. The highest BCUT2D eigenvalue weighted by atomic mass is 16.3. The molecule has 58 heavy (non-hydrogen) atoms. The van der Waals surface area contributed by atoms with Crippen LogP contribution < -0.4 is 0 Å². The second-order valence-electron chi connectivity index (χ2n) is 15.0. The lowest BCUT2D eigenvalue weighted by Gasteiger charge is -2.14. The van der Waals surface area contributed by atoms with Crippen molar-refractivity contribution in [3.63, 3.8) is 0 Å². The Hall–Kier alpha value is -7.96. The van der Waals surface area contributed by atoms with E-state index in [-0.39, 0.29) is 0 Å². The van der Waals surface area contributed by atoms with Gasteiger partial charge in [-0.2, -0.15) is 0 Å². The Labute approximate surface area is 330 Å². The minimum Gasteiger partial charge on any atom is -0.454 e. The lowest BCUT2D eigenvalue weighted by atomic mass is 9.91. The molecular formula is C52H30N4O2. The van der Waals surface area contributed by atoms with Crippen molar-refractivity contribution in [2.24, 2.45) is 0 Å². The molecule has 0 aliphatic rings. The highest BCUT2D eigenvalue weighted by Gasteiger charge is 2.23. The number of nitrogens with zero attached hydrogens (tertiary/aromatic N) is 4. The van der Waals surface area contributed by atoms with Crippen molar-refractivity contribution in [3.05, 3.63) is 183 Å². The first-order valence-corrected chi connectivity index (χ1v) is 19.5. The van der Waals surface area contributed by atoms with Crippen molar-refractivity contribution in [2.75, 3.05) is 0 Å². The fourth-order valence-electron chi connectivity index (χ4n) is 9.41. The van der Waals surface area contributed by atoms with Crippen molar-refractivity contribution >= 4 is 87.5 Å². The van der Waals surface area contributed by atoms with Gasteiger partial charge >= 0.3 is 0 Å². The standard InChI is InChI=1S/C52H30N4O2/c1-2-10-32(11-3-1)55-44-17-6-4-13-34(44)43-27-41(39-15-8-14-37-35-22-24-53-29-49(35)57-51(37)39)40(28-48(43)55)31-20-21-46-42(26-31)33-12-5-7-18-45(33)56(46)47-19-9-16-38-36-23-25-54-30-50(36)58-52(38)47/h1-30H. The third-order valence-electron chi connectivity index (χ3n) is 11.9. The first-order chi connectivity index (χ1) is 28.8. The van der Waals surface area contributed by atoms with Gasteiger partial charge in [0.1, 0.15) is 5.58 Å². The van der Waals surface area contributed by atoms with Crippen molar-refractivity contribution in [1.29, 1.82) is 0 Å². The van der Waals surface area contributed by atoms with E-state index in [1.165, 1.54) is 16.2 Å². The van der Waals surface area contributed by atoms with Crippen LogP contribution in [0.2, 0.25) is 0 Å². The summed E-state index contributed by atoms with van der Waals surface area (Å²) in [7, 11) is 0. The minimum atomic E-state index is 0.776. The average molecular weight is 743 g/mol. The molecule has 13 rings (SSSR count). The van der Waals surface area contributed by atoms with Crippen LogP contribution in [-0.2, 0) is 0 Å². The molecule has 7 aromatic carbocycles. The van der Waals surface area contributed by atoms with Gasteiger partial charge in [-0.15, -0.1) is 0 Å². The van der Waals surface area contributed by atoms with Crippen LogP contribution in [-0.4, -0.2) is 19.1 Å². The van der Waals surface area contributed by atoms with Crippen LogP contribution in [0.5, 0.6) is 0 Å². The third-order valence-corrected chi connectivity index (χ3v) is 11.9. The Morgan fingerprint density at radius 3 is 1.72 bits per heavy atom. The van der Waals surface area contributed by atoms with Gasteiger partial charge in [0.25, 0.3) is 0 Å². The predicted octanol–water partition coefficient (Wildman–Crippen LogP) is 13.8. The number of para-hydroxylation sites is 5. The zero-order valence-corrected chi connectivity index (χ0v) is 30.9. The van der Waals surface area contributed by atoms with E-state index in [0.717, 1.165) is 105 Å². The largest absolute Gasteiger partial charge is 0.454 e. The van der Waals surface area contributed by atoms with E-state index in [0.29, 0.717) is 0 Å². The molecule has 6 aromatic heterocycles. The van der Waals surface area contributed by atoms with Gasteiger partial charge in [-0.1, -0.05) is 91.0 Å². The van der Waals surface area contributed by atoms with Crippen LogP contribution in [0.25, 0.3) is 121 Å². The van der Waals surface area contributed by atoms with Gasteiger partial charge in [0, 0.05) is 66.7 Å². The molecule has 0 aliphatic carbocycles. The van der Waals surface area contributed by atoms with E-state index in [1.54, 1.807) is 6.20 Å². The molecule has 6 nitrogen and oxygen atoms in total. The van der Waals surface area contributed by atoms with Crippen molar-refractivity contribution < 1.29 is 8.83 Å². The number of furan rings is 2. The maximum Gasteiger partial charge on any atom is 0.159 e. The summed E-state index contributed by atoms with van der Waals surface area (Å²) in [6, 6.07) is 56.6. The van der Waals surface area contributed by atoms with Crippen LogP contribution >= 0.6 is 0 Å². The lowest BCUT2D eigenvalue weighted by molar-refractivity contribution is 0.664. The quantitative estimate of drug-likeness (QED) is 0.180. The molecular weight excluding hydrogens is 713 g/mol. The second kappa shape index (κ2) is 11.8. The number of hydrogen-bond donors (Lipinski definition) is 0. The van der Waals surface area contributed by atoms with E-state index >= 15 is 0 Å². The number of pyridine rings is 2. The Kier molecular flexibility index (Phi) is 6.35. The van der Waals surface area contributed by atoms with Gasteiger partial charge in [0.15, 0.2) is 16.7 Å². The smallest absolute Gasteiger partial charge is 0.159 e. The molecule has 0 saturated carbocycles. The Balaban J connectivity index is 1.13. The van der Waals surface area contributed by atoms with E-state index in [1.807, 2.05) is 30.7 Å². The summed E-state index contributed by atoms with van der Waals surface area (Å²) in [6.07, 6.45) is 7.26. The summed E-state index contributed by atoms with van der Waals surface area (Å²) < 4.78 is 17.9. The molecule has 0 N–H and O–H groups in total. The fourth-order valence-corrected chi connectivity index (χ4v) is 9.41. The first kappa shape index (κ1) is 31.3. The Bertz CT molecular complexity index is 3810. The van der Waals surface area contributed by atoms with Crippen LogP contribution in [0.4, 0.5) is 0 Å². The molecule has 0 aliphatic heterocycles. The van der Waals surface area contributed by atoms with Crippen LogP contribution in [0.1, 0.15) is 0 Å². The van der Waals surface area contributed by atoms with Gasteiger partial charge in [-0.05, 0) is 83.4 Å². The maximum absolute atomic E-state index is 6.66. The van der Waals surface area contributed by atoms with Crippen LogP contribution in [0.3, 0.4) is 0 Å². The summed E-state index contributed by atoms with van der Waals surface area (Å²) in [5.74, 6) is 0. The van der Waals surface area contributed by atoms with Crippen molar-refractivity contribution in [3.8, 4) is 33.6 Å². The highest BCUT2D eigenvalue weighted by Crippen LogP contribution is 2.46. The van der Waals surface area contributed by atoms with E-state index in [2.05, 4.69) is 165 Å². The normalized spacial score (nSPS) is 12.1. The van der Waals surface area contributed by atoms with E-state index in [4.69, 9.17) is 8.83 Å². The highest BCUT2D eigenvalue weighted by molar-refractivity contribution is 6.17. The van der Waals surface area contributed by atoms with Crippen LogP contribution in [0, 0.1) is 0 Å². The molecule has 0 spiro atoms. The van der Waals surface area contributed by atoms with Crippen molar-refractivity contribution in [1.82, 2.24) is 19.1 Å². The lowest BCUT2D eigenvalue weighted by Crippen LogP contribution is -1.95. The number of fused-ring (bicyclic) bond motifs is 12. The molecule has 0 fully saturated rings. The van der Waals surface area contributed by atoms with Gasteiger partial charge in [0.05, 0.1) is 40.1 Å². The summed E-state index contributed by atoms with van der Waals surface area (Å²) in [6.45, 7) is 0. The van der Waals surface area contributed by atoms with Crippen LogP contribution in [0.15, 0.2) is 191 Å². The van der Waals surface area contributed by atoms with Gasteiger partial charge in [-0.3, -0.25) is 9.97 Å². The molecule has 270 valence electrons. The Morgan fingerprint density at radius 2 is 0.966 bits per heavy atom. The predicted molar refractivity (Wildman–Crippen MR) is 236 cm³/mol. The summed E-state index contributed by atoms with van der Waals surface area (Å²) in [4.78, 5) is 8.72.